The number of aryl methyl sites for hydroxylation is 1. The Morgan fingerprint density at radius 1 is 1.20 bits per heavy atom. The van der Waals surface area contributed by atoms with E-state index in [1.54, 1.807) is 36.2 Å². The highest BCUT2D eigenvalue weighted by atomic mass is 35.5. The Kier molecular flexibility index (Phi) is 7.90. The number of halogens is 2. The van der Waals surface area contributed by atoms with Gasteiger partial charge in [-0.3, -0.25) is 5.10 Å². The van der Waals surface area contributed by atoms with E-state index < -0.39 is 0 Å². The summed E-state index contributed by atoms with van der Waals surface area (Å²) in [5.74, 6) is 1.96. The molecule has 158 valence electrons. The lowest BCUT2D eigenvalue weighted by atomic mass is 10.2. The van der Waals surface area contributed by atoms with Gasteiger partial charge in [0, 0.05) is 22.0 Å². The average molecular weight is 465 g/mol. The summed E-state index contributed by atoms with van der Waals surface area (Å²) >= 11 is 17.7. The lowest BCUT2D eigenvalue weighted by molar-refractivity contribution is 0.284. The minimum atomic E-state index is 0.229. The highest BCUT2D eigenvalue weighted by molar-refractivity contribution is 7.71. The monoisotopic (exact) mass is 464 g/mol. The number of aromatic nitrogens is 3. The molecule has 0 saturated carbocycles. The first kappa shape index (κ1) is 22.3. The topological polar surface area (TPSA) is 64.4 Å². The molecule has 6 nitrogen and oxygen atoms in total. The summed E-state index contributed by atoms with van der Waals surface area (Å²) in [4.78, 5) is 0. The second-order valence-electron chi connectivity index (χ2n) is 6.50. The van der Waals surface area contributed by atoms with Crippen molar-refractivity contribution in [2.24, 2.45) is 5.10 Å². The molecule has 0 spiro atoms. The second kappa shape index (κ2) is 10.6. The molecule has 0 aliphatic heterocycles. The van der Waals surface area contributed by atoms with E-state index in [1.165, 1.54) is 0 Å². The van der Waals surface area contributed by atoms with E-state index in [4.69, 9.17) is 44.9 Å². The fraction of sp³-hybridized carbons (Fsp3) is 0.286. The van der Waals surface area contributed by atoms with Crippen molar-refractivity contribution in [2.45, 2.75) is 32.8 Å². The quantitative estimate of drug-likeness (QED) is 0.308. The highest BCUT2D eigenvalue weighted by Gasteiger charge is 2.10. The third kappa shape index (κ3) is 5.41. The molecule has 9 heteroatoms. The summed E-state index contributed by atoms with van der Waals surface area (Å²) in [6.07, 6.45) is 4.60. The van der Waals surface area contributed by atoms with Crippen LogP contribution in [0, 0.1) is 4.77 Å². The molecule has 30 heavy (non-hydrogen) atoms. The van der Waals surface area contributed by atoms with Gasteiger partial charge >= 0.3 is 0 Å². The predicted molar refractivity (Wildman–Crippen MR) is 123 cm³/mol. The van der Waals surface area contributed by atoms with E-state index in [9.17, 15) is 0 Å². The van der Waals surface area contributed by atoms with E-state index >= 15 is 0 Å². The molecule has 0 aliphatic rings. The average Bonchev–Trinajstić information content (AvgIpc) is 3.10. The van der Waals surface area contributed by atoms with Crippen molar-refractivity contribution >= 4 is 41.6 Å². The first-order valence-corrected chi connectivity index (χ1v) is 10.6. The molecule has 0 aliphatic carbocycles. The largest absolute Gasteiger partial charge is 0.493 e. The number of hydrogen-bond donors (Lipinski definition) is 1. The Hall–Kier alpha value is -2.35. The van der Waals surface area contributed by atoms with Crippen molar-refractivity contribution in [2.75, 3.05) is 7.11 Å². The normalized spacial score (nSPS) is 11.2. The fourth-order valence-electron chi connectivity index (χ4n) is 2.77. The van der Waals surface area contributed by atoms with Crippen LogP contribution in [-0.4, -0.2) is 28.2 Å². The Morgan fingerprint density at radius 2 is 1.97 bits per heavy atom. The van der Waals surface area contributed by atoms with Crippen molar-refractivity contribution < 1.29 is 9.47 Å². The van der Waals surface area contributed by atoms with Gasteiger partial charge in [-0.05, 0) is 54.5 Å². The van der Waals surface area contributed by atoms with Crippen molar-refractivity contribution in [3.05, 3.63) is 68.2 Å². The number of ether oxygens (including phenoxy) is 2. The molecule has 2 aromatic carbocycles. The van der Waals surface area contributed by atoms with E-state index in [0.29, 0.717) is 26.3 Å². The molecule has 1 heterocycles. The van der Waals surface area contributed by atoms with Crippen LogP contribution in [0.4, 0.5) is 0 Å². The highest BCUT2D eigenvalue weighted by Crippen LogP contribution is 2.31. The van der Waals surface area contributed by atoms with Gasteiger partial charge in [0.1, 0.15) is 6.61 Å². The number of benzene rings is 2. The molecule has 0 radical (unpaired) electrons. The molecule has 0 unspecified atom stereocenters. The number of nitrogens with zero attached hydrogens (tertiary/aromatic N) is 3. The van der Waals surface area contributed by atoms with Crippen LogP contribution in [0.5, 0.6) is 11.5 Å². The number of rotatable bonds is 9. The molecule has 0 amide bonds. The third-order valence-corrected chi connectivity index (χ3v) is 5.39. The molecule has 3 rings (SSSR count). The van der Waals surface area contributed by atoms with Gasteiger partial charge in [0.2, 0.25) is 4.77 Å². The van der Waals surface area contributed by atoms with Gasteiger partial charge in [0.15, 0.2) is 17.3 Å². The zero-order chi connectivity index (χ0) is 21.5. The summed E-state index contributed by atoms with van der Waals surface area (Å²) in [5, 5.41) is 12.6. The first-order valence-electron chi connectivity index (χ1n) is 9.47. The van der Waals surface area contributed by atoms with Crippen LogP contribution in [0.25, 0.3) is 0 Å². The van der Waals surface area contributed by atoms with Crippen LogP contribution < -0.4 is 9.47 Å². The maximum atomic E-state index is 6.21. The Morgan fingerprint density at radius 3 is 2.67 bits per heavy atom. The van der Waals surface area contributed by atoms with Gasteiger partial charge in [0.25, 0.3) is 0 Å². The molecule has 0 saturated heterocycles. The first-order chi connectivity index (χ1) is 14.5. The molecule has 0 fully saturated rings. The maximum Gasteiger partial charge on any atom is 0.216 e. The molecular formula is C21H22Cl2N4O2S. The van der Waals surface area contributed by atoms with E-state index in [-0.39, 0.29) is 6.61 Å². The van der Waals surface area contributed by atoms with Gasteiger partial charge < -0.3 is 9.47 Å². The van der Waals surface area contributed by atoms with E-state index in [0.717, 1.165) is 36.2 Å². The van der Waals surface area contributed by atoms with Gasteiger partial charge in [-0.1, -0.05) is 42.6 Å². The van der Waals surface area contributed by atoms with Crippen molar-refractivity contribution in [3.63, 3.8) is 0 Å². The lowest BCUT2D eigenvalue weighted by Crippen LogP contribution is -2.01. The molecule has 0 bridgehead atoms. The van der Waals surface area contributed by atoms with Gasteiger partial charge in [-0.2, -0.15) is 14.9 Å². The molecule has 1 N–H and O–H groups in total. The smallest absolute Gasteiger partial charge is 0.216 e. The SMILES string of the molecule is CCCCc1n[nH]c(=S)n1/N=C\c1ccc(OCc2c(Cl)cccc2Cl)c(OC)c1. The number of hydrogen-bond acceptors (Lipinski definition) is 5. The van der Waals surface area contributed by atoms with Crippen LogP contribution in [0.2, 0.25) is 10.0 Å². The number of aromatic amines is 1. The van der Waals surface area contributed by atoms with Gasteiger partial charge in [-0.15, -0.1) is 0 Å². The summed E-state index contributed by atoms with van der Waals surface area (Å²) in [6, 6.07) is 10.9. The predicted octanol–water partition coefficient (Wildman–Crippen LogP) is 6.06. The molecule has 1 aromatic heterocycles. The van der Waals surface area contributed by atoms with Crippen LogP contribution in [0.3, 0.4) is 0 Å². The summed E-state index contributed by atoms with van der Waals surface area (Å²) in [7, 11) is 1.58. The van der Waals surface area contributed by atoms with Crippen LogP contribution in [0.15, 0.2) is 41.5 Å². The Bertz CT molecular complexity index is 1070. The fourth-order valence-corrected chi connectivity index (χ4v) is 3.47. The maximum absolute atomic E-state index is 6.21. The van der Waals surface area contributed by atoms with Crippen molar-refractivity contribution in [1.29, 1.82) is 0 Å². The number of methoxy groups -OCH3 is 1. The minimum absolute atomic E-state index is 0.229. The van der Waals surface area contributed by atoms with E-state index in [1.807, 2.05) is 18.2 Å². The van der Waals surface area contributed by atoms with Crippen molar-refractivity contribution in [3.8, 4) is 11.5 Å². The summed E-state index contributed by atoms with van der Waals surface area (Å²) in [5.41, 5.74) is 1.56. The second-order valence-corrected chi connectivity index (χ2v) is 7.71. The minimum Gasteiger partial charge on any atom is -0.493 e. The van der Waals surface area contributed by atoms with Crippen LogP contribution in [-0.2, 0) is 13.0 Å². The Balaban J connectivity index is 1.77. The standard InChI is InChI=1S/C21H22Cl2N4O2S/c1-3-4-8-20-25-26-21(30)27(20)24-12-14-9-10-18(19(11-14)28-2)29-13-15-16(22)6-5-7-17(15)23/h5-7,9-12H,3-4,8,13H2,1-2H3,(H,26,30)/b24-12-. The van der Waals surface area contributed by atoms with Crippen LogP contribution >= 0.6 is 35.4 Å². The number of unbranched alkanes of at least 4 members (excludes halogenated alkanes) is 1. The summed E-state index contributed by atoms with van der Waals surface area (Å²) in [6.45, 7) is 2.36. The van der Waals surface area contributed by atoms with E-state index in [2.05, 4.69) is 22.2 Å². The molecular weight excluding hydrogens is 443 g/mol. The summed E-state index contributed by atoms with van der Waals surface area (Å²) < 4.78 is 13.5. The van der Waals surface area contributed by atoms with Crippen molar-refractivity contribution in [1.82, 2.24) is 14.9 Å². The lowest BCUT2D eigenvalue weighted by Gasteiger charge is -2.13. The third-order valence-electron chi connectivity index (χ3n) is 4.42. The Labute approximate surface area is 190 Å². The van der Waals surface area contributed by atoms with Gasteiger partial charge in [0.05, 0.1) is 13.3 Å². The molecule has 3 aromatic rings. The van der Waals surface area contributed by atoms with Gasteiger partial charge in [-0.25, -0.2) is 0 Å². The zero-order valence-electron chi connectivity index (χ0n) is 16.7. The number of nitrogens with one attached hydrogen (secondary N) is 1. The molecule has 0 atom stereocenters. The number of H-pyrrole nitrogens is 1. The van der Waals surface area contributed by atoms with Crippen LogP contribution in [0.1, 0.15) is 36.7 Å². The zero-order valence-corrected chi connectivity index (χ0v) is 19.0.